The topological polar surface area (TPSA) is 30.7 Å². The molecule has 0 unspecified atom stereocenters. The number of esters is 1. The number of carbonyl (C=O) groups excluding carboxylic acids is 1. The second-order valence-corrected chi connectivity index (χ2v) is 6.22. The predicted molar refractivity (Wildman–Crippen MR) is 86.0 cm³/mol. The summed E-state index contributed by atoms with van der Waals surface area (Å²) in [5.41, 5.74) is 1.81. The number of hydrogen-bond donors (Lipinski definition) is 0. The SMILES string of the molecule is [C-]#[N+]c1ccc(/C=C/C(=O)OCCCCC(C)(C)C)cc1. The highest BCUT2D eigenvalue weighted by molar-refractivity contribution is 5.87. The summed E-state index contributed by atoms with van der Waals surface area (Å²) < 4.78 is 5.15. The van der Waals surface area contributed by atoms with Crippen molar-refractivity contribution in [3.8, 4) is 0 Å². The molecule has 1 aromatic rings. The van der Waals surface area contributed by atoms with Crippen molar-refractivity contribution in [1.29, 1.82) is 0 Å². The highest BCUT2D eigenvalue weighted by atomic mass is 16.5. The zero-order chi connectivity index (χ0) is 15.7. The molecule has 112 valence electrons. The molecule has 1 aromatic carbocycles. The van der Waals surface area contributed by atoms with Gasteiger partial charge in [-0.1, -0.05) is 45.0 Å². The summed E-state index contributed by atoms with van der Waals surface area (Å²) in [5, 5.41) is 0. The molecule has 0 N–H and O–H groups in total. The first-order valence-electron chi connectivity index (χ1n) is 7.23. The van der Waals surface area contributed by atoms with Gasteiger partial charge in [0.25, 0.3) is 0 Å². The van der Waals surface area contributed by atoms with Crippen LogP contribution < -0.4 is 0 Å². The Morgan fingerprint density at radius 1 is 1.24 bits per heavy atom. The monoisotopic (exact) mass is 285 g/mol. The summed E-state index contributed by atoms with van der Waals surface area (Å²) >= 11 is 0. The van der Waals surface area contributed by atoms with E-state index in [4.69, 9.17) is 11.3 Å². The molecule has 0 radical (unpaired) electrons. The quantitative estimate of drug-likeness (QED) is 0.318. The Labute approximate surface area is 127 Å². The molecule has 0 aliphatic carbocycles. The molecule has 0 amide bonds. The Hall–Kier alpha value is -2.08. The molecule has 0 fully saturated rings. The van der Waals surface area contributed by atoms with Gasteiger partial charge in [-0.2, -0.15) is 0 Å². The minimum atomic E-state index is -0.319. The van der Waals surface area contributed by atoms with Gasteiger partial charge in [0.2, 0.25) is 0 Å². The number of rotatable bonds is 6. The van der Waals surface area contributed by atoms with Crippen LogP contribution in [0, 0.1) is 12.0 Å². The van der Waals surface area contributed by atoms with Gasteiger partial charge in [-0.25, -0.2) is 9.64 Å². The van der Waals surface area contributed by atoms with Crippen molar-refractivity contribution in [1.82, 2.24) is 0 Å². The van der Waals surface area contributed by atoms with Crippen LogP contribution in [0.15, 0.2) is 30.3 Å². The third-order valence-electron chi connectivity index (χ3n) is 3.00. The number of ether oxygens (including phenoxy) is 1. The van der Waals surface area contributed by atoms with E-state index in [-0.39, 0.29) is 5.97 Å². The third kappa shape index (κ3) is 7.94. The van der Waals surface area contributed by atoms with Crippen molar-refractivity contribution in [2.24, 2.45) is 5.41 Å². The minimum Gasteiger partial charge on any atom is -0.463 e. The van der Waals surface area contributed by atoms with Crippen molar-refractivity contribution in [3.05, 3.63) is 47.3 Å². The van der Waals surface area contributed by atoms with Gasteiger partial charge in [0.05, 0.1) is 13.2 Å². The summed E-state index contributed by atoms with van der Waals surface area (Å²) in [6, 6.07) is 7.07. The van der Waals surface area contributed by atoms with Gasteiger partial charge < -0.3 is 4.74 Å². The molecule has 0 aromatic heterocycles. The zero-order valence-electron chi connectivity index (χ0n) is 13.1. The molecule has 3 heteroatoms. The lowest BCUT2D eigenvalue weighted by atomic mass is 9.90. The highest BCUT2D eigenvalue weighted by Gasteiger charge is 2.09. The Kier molecular flexibility index (Phi) is 6.68. The van der Waals surface area contributed by atoms with Crippen molar-refractivity contribution in [3.63, 3.8) is 0 Å². The Morgan fingerprint density at radius 2 is 1.90 bits per heavy atom. The average molecular weight is 285 g/mol. The van der Waals surface area contributed by atoms with E-state index in [0.717, 1.165) is 24.8 Å². The maximum atomic E-state index is 11.5. The first-order chi connectivity index (χ1) is 9.90. The van der Waals surface area contributed by atoms with E-state index in [0.29, 0.717) is 17.7 Å². The van der Waals surface area contributed by atoms with Gasteiger partial charge in [-0.05, 0) is 36.3 Å². The van der Waals surface area contributed by atoms with Crippen molar-refractivity contribution >= 4 is 17.7 Å². The molecule has 0 saturated heterocycles. The number of carbonyl (C=O) groups is 1. The maximum absolute atomic E-state index is 11.5. The van der Waals surface area contributed by atoms with Gasteiger partial charge in [-0.3, -0.25) is 0 Å². The molecule has 0 bridgehead atoms. The fraction of sp³-hybridized carbons (Fsp3) is 0.444. The Morgan fingerprint density at radius 3 is 2.48 bits per heavy atom. The predicted octanol–water partition coefficient (Wildman–Crippen LogP) is 5.01. The summed E-state index contributed by atoms with van der Waals surface area (Å²) in [7, 11) is 0. The largest absolute Gasteiger partial charge is 0.463 e. The molecule has 0 heterocycles. The number of benzene rings is 1. The molecule has 0 aliphatic rings. The third-order valence-corrected chi connectivity index (χ3v) is 3.00. The van der Waals surface area contributed by atoms with Crippen LogP contribution in [0.3, 0.4) is 0 Å². The van der Waals surface area contributed by atoms with E-state index in [9.17, 15) is 4.79 Å². The highest BCUT2D eigenvalue weighted by Crippen LogP contribution is 2.21. The molecular weight excluding hydrogens is 262 g/mol. The second-order valence-electron chi connectivity index (χ2n) is 6.22. The van der Waals surface area contributed by atoms with Crippen LogP contribution in [0.5, 0.6) is 0 Å². The lowest BCUT2D eigenvalue weighted by molar-refractivity contribution is -0.137. The van der Waals surface area contributed by atoms with E-state index in [1.807, 2.05) is 0 Å². The van der Waals surface area contributed by atoms with E-state index >= 15 is 0 Å². The fourth-order valence-corrected chi connectivity index (χ4v) is 1.80. The smallest absolute Gasteiger partial charge is 0.330 e. The fourth-order valence-electron chi connectivity index (χ4n) is 1.80. The van der Waals surface area contributed by atoms with E-state index in [1.165, 1.54) is 6.08 Å². The van der Waals surface area contributed by atoms with Crippen LogP contribution in [0.2, 0.25) is 0 Å². The van der Waals surface area contributed by atoms with Crippen LogP contribution in [0.25, 0.3) is 10.9 Å². The summed E-state index contributed by atoms with van der Waals surface area (Å²) in [4.78, 5) is 14.9. The molecule has 21 heavy (non-hydrogen) atoms. The van der Waals surface area contributed by atoms with Crippen LogP contribution in [-0.2, 0) is 9.53 Å². The van der Waals surface area contributed by atoms with Gasteiger partial charge >= 0.3 is 5.97 Å². The van der Waals surface area contributed by atoms with Gasteiger partial charge in [-0.15, -0.1) is 0 Å². The van der Waals surface area contributed by atoms with Crippen molar-refractivity contribution < 1.29 is 9.53 Å². The molecule has 1 rings (SSSR count). The molecular formula is C18H23NO2. The normalized spacial score (nSPS) is 11.3. The van der Waals surface area contributed by atoms with E-state index < -0.39 is 0 Å². The lowest BCUT2D eigenvalue weighted by Crippen LogP contribution is -2.06. The molecule has 0 saturated carbocycles. The van der Waals surface area contributed by atoms with Crippen LogP contribution >= 0.6 is 0 Å². The van der Waals surface area contributed by atoms with Crippen LogP contribution in [-0.4, -0.2) is 12.6 Å². The van der Waals surface area contributed by atoms with Crippen molar-refractivity contribution in [2.45, 2.75) is 40.0 Å². The van der Waals surface area contributed by atoms with Crippen molar-refractivity contribution in [2.75, 3.05) is 6.61 Å². The van der Waals surface area contributed by atoms with Gasteiger partial charge in [0.1, 0.15) is 0 Å². The first-order valence-corrected chi connectivity index (χ1v) is 7.23. The number of hydrogen-bond acceptors (Lipinski definition) is 2. The zero-order valence-corrected chi connectivity index (χ0v) is 13.1. The standard InChI is InChI=1S/C18H23NO2/c1-18(2,3)13-5-6-14-21-17(20)12-9-15-7-10-16(19-4)11-8-15/h7-12H,5-6,13-14H2,1-3H3/b12-9+. The molecule has 0 aliphatic heterocycles. The lowest BCUT2D eigenvalue weighted by Gasteiger charge is -2.17. The average Bonchev–Trinajstić information content (AvgIpc) is 2.44. The minimum absolute atomic E-state index is 0.319. The van der Waals surface area contributed by atoms with E-state index in [1.54, 1.807) is 30.3 Å². The molecule has 0 atom stereocenters. The van der Waals surface area contributed by atoms with Crippen LogP contribution in [0.1, 0.15) is 45.6 Å². The summed E-state index contributed by atoms with van der Waals surface area (Å²) in [5.74, 6) is -0.319. The number of nitrogens with zero attached hydrogens (tertiary/aromatic N) is 1. The van der Waals surface area contributed by atoms with Crippen LogP contribution in [0.4, 0.5) is 5.69 Å². The summed E-state index contributed by atoms with van der Waals surface area (Å²) in [6.07, 6.45) is 6.23. The van der Waals surface area contributed by atoms with Gasteiger partial charge in [0, 0.05) is 6.08 Å². The van der Waals surface area contributed by atoms with Gasteiger partial charge in [0.15, 0.2) is 5.69 Å². The summed E-state index contributed by atoms with van der Waals surface area (Å²) in [6.45, 7) is 14.0. The van der Waals surface area contributed by atoms with E-state index in [2.05, 4.69) is 25.6 Å². The Balaban J connectivity index is 2.27. The second kappa shape index (κ2) is 8.26. The number of unbranched alkanes of at least 4 members (excludes halogenated alkanes) is 1. The molecule has 3 nitrogen and oxygen atoms in total. The Bertz CT molecular complexity index is 516. The maximum Gasteiger partial charge on any atom is 0.330 e. The molecule has 0 spiro atoms. The first kappa shape index (κ1) is 17.0.